The lowest BCUT2D eigenvalue weighted by atomic mass is 9.70. The molecule has 3 aromatic rings. The number of carbonyl (C=O) groups excluding carboxylic acids is 3. The van der Waals surface area contributed by atoms with Crippen LogP contribution in [0.1, 0.15) is 31.4 Å². The summed E-state index contributed by atoms with van der Waals surface area (Å²) in [6.07, 6.45) is 3.79. The van der Waals surface area contributed by atoms with Crippen LogP contribution in [0.3, 0.4) is 0 Å². The van der Waals surface area contributed by atoms with Gasteiger partial charge >= 0.3 is 0 Å². The lowest BCUT2D eigenvalue weighted by Gasteiger charge is -2.39. The van der Waals surface area contributed by atoms with Gasteiger partial charge in [-0.2, -0.15) is 0 Å². The normalized spacial score (nSPS) is 27.1. The van der Waals surface area contributed by atoms with Gasteiger partial charge in [0.15, 0.2) is 0 Å². The van der Waals surface area contributed by atoms with Crippen molar-refractivity contribution in [1.29, 1.82) is 0 Å². The number of likely N-dealkylation sites (tertiary alicyclic amines) is 1. The summed E-state index contributed by atoms with van der Waals surface area (Å²) in [6.45, 7) is 10.3. The molecule has 3 aliphatic heterocycles. The molecule has 6 rings (SSSR count). The summed E-state index contributed by atoms with van der Waals surface area (Å²) < 4.78 is 8.40. The summed E-state index contributed by atoms with van der Waals surface area (Å²) in [5.74, 6) is -2.66. The van der Waals surface area contributed by atoms with Gasteiger partial charge in [-0.3, -0.25) is 14.4 Å². The first-order valence-electron chi connectivity index (χ1n) is 15.7. The van der Waals surface area contributed by atoms with Crippen LogP contribution in [-0.2, 0) is 25.8 Å². The number of benzene rings is 2. The van der Waals surface area contributed by atoms with Crippen LogP contribution >= 0.6 is 15.9 Å². The zero-order chi connectivity index (χ0) is 32.6. The second-order valence-corrected chi connectivity index (χ2v) is 13.3. The molecular weight excluding hydrogens is 652 g/mol. The van der Waals surface area contributed by atoms with E-state index in [1.807, 2.05) is 61.5 Å². The maximum absolute atomic E-state index is 15.0. The van der Waals surface area contributed by atoms with E-state index in [2.05, 4.69) is 39.4 Å². The highest BCUT2D eigenvalue weighted by molar-refractivity contribution is 9.09. The highest BCUT2D eigenvalue weighted by Gasteiger charge is 2.77. The highest BCUT2D eigenvalue weighted by Crippen LogP contribution is 2.61. The smallest absolute Gasteiger partial charge is 0.250 e. The van der Waals surface area contributed by atoms with Gasteiger partial charge in [0, 0.05) is 24.5 Å². The minimum atomic E-state index is -1.30. The molecule has 4 heterocycles. The van der Waals surface area contributed by atoms with Crippen molar-refractivity contribution in [2.45, 2.75) is 55.0 Å². The minimum absolute atomic E-state index is 0.0485. The number of hydrogen-bond acceptors (Lipinski definition) is 7. The average molecular weight is 692 g/mol. The molecule has 2 bridgehead atoms. The summed E-state index contributed by atoms with van der Waals surface area (Å²) in [5.41, 5.74) is 0.814. The Bertz CT molecular complexity index is 1630. The van der Waals surface area contributed by atoms with Crippen molar-refractivity contribution in [1.82, 2.24) is 29.7 Å². The van der Waals surface area contributed by atoms with Crippen LogP contribution in [0.2, 0.25) is 0 Å². The molecule has 46 heavy (non-hydrogen) atoms. The summed E-state index contributed by atoms with van der Waals surface area (Å²) in [5, 5.41) is 19.4. The summed E-state index contributed by atoms with van der Waals surface area (Å²) in [7, 11) is 0. The molecule has 1 N–H and O–H groups in total. The summed E-state index contributed by atoms with van der Waals surface area (Å²) >= 11 is 3.76. The number of ether oxygens (including phenoxy) is 1. The number of nitrogens with zero attached hydrogens (tertiary/aromatic N) is 6. The monoisotopic (exact) mass is 690 g/mol. The number of carbonyl (C=O) groups is 3. The molecule has 1 spiro atoms. The van der Waals surface area contributed by atoms with Crippen molar-refractivity contribution in [3.05, 3.63) is 85.5 Å². The van der Waals surface area contributed by atoms with Crippen LogP contribution in [0.4, 0.5) is 0 Å². The van der Waals surface area contributed by atoms with Gasteiger partial charge in [0.2, 0.25) is 17.7 Å². The quantitative estimate of drug-likeness (QED) is 0.216. The first-order chi connectivity index (χ1) is 22.3. The number of halogens is 1. The second kappa shape index (κ2) is 13.1. The highest BCUT2D eigenvalue weighted by atomic mass is 79.9. The van der Waals surface area contributed by atoms with Crippen molar-refractivity contribution >= 4 is 44.7 Å². The van der Waals surface area contributed by atoms with E-state index in [-0.39, 0.29) is 35.8 Å². The minimum Gasteiger partial charge on any atom is -0.394 e. The maximum atomic E-state index is 15.0. The molecule has 0 aliphatic carbocycles. The van der Waals surface area contributed by atoms with Crippen LogP contribution < -0.4 is 0 Å². The third-order valence-corrected chi connectivity index (χ3v) is 10.3. The largest absolute Gasteiger partial charge is 0.394 e. The Kier molecular flexibility index (Phi) is 9.13. The molecule has 7 atom stereocenters. The van der Waals surface area contributed by atoms with Gasteiger partial charge in [-0.15, -0.1) is 18.3 Å². The lowest BCUT2D eigenvalue weighted by molar-refractivity contribution is -0.153. The Balaban J connectivity index is 1.46. The molecule has 242 valence electrons. The van der Waals surface area contributed by atoms with E-state index < -0.39 is 42.2 Å². The molecule has 12 heteroatoms. The van der Waals surface area contributed by atoms with Crippen molar-refractivity contribution in [2.24, 2.45) is 11.8 Å². The van der Waals surface area contributed by atoms with Crippen LogP contribution in [0.5, 0.6) is 0 Å². The van der Waals surface area contributed by atoms with E-state index in [0.717, 1.165) is 11.9 Å². The fourth-order valence-corrected chi connectivity index (χ4v) is 8.59. The van der Waals surface area contributed by atoms with E-state index in [9.17, 15) is 19.5 Å². The van der Waals surface area contributed by atoms with Gasteiger partial charge in [-0.25, -0.2) is 4.68 Å². The number of rotatable bonds is 13. The molecule has 11 nitrogen and oxygen atoms in total. The molecule has 3 amide bonds. The summed E-state index contributed by atoms with van der Waals surface area (Å²) in [4.78, 5) is 48.5. The molecule has 1 aromatic heterocycles. The average Bonchev–Trinajstić information content (AvgIpc) is 3.78. The second-order valence-electron chi connectivity index (χ2n) is 12.2. The third kappa shape index (κ3) is 5.16. The SMILES string of the molecule is C=CCN(Cn1nnc2ccccc21)C(=O)C1N([C@H](CO)c2ccccc2)C(=O)[C@@H]2[C@H](C(=O)N(CC=C)CCC)[C@H]3OC12CC3Br. The fourth-order valence-electron chi connectivity index (χ4n) is 7.65. The van der Waals surface area contributed by atoms with E-state index >= 15 is 0 Å². The topological polar surface area (TPSA) is 121 Å². The number of aliphatic hydroxyl groups excluding tert-OH is 1. The molecule has 0 saturated carbocycles. The third-order valence-electron chi connectivity index (χ3n) is 9.48. The van der Waals surface area contributed by atoms with Crippen LogP contribution in [0.25, 0.3) is 11.0 Å². The molecule has 2 aromatic carbocycles. The number of fused-ring (bicyclic) bond motifs is 2. The predicted molar refractivity (Wildman–Crippen MR) is 175 cm³/mol. The van der Waals surface area contributed by atoms with E-state index in [0.29, 0.717) is 30.6 Å². The van der Waals surface area contributed by atoms with Crippen molar-refractivity contribution in [3.8, 4) is 0 Å². The Morgan fingerprint density at radius 2 is 1.80 bits per heavy atom. The standard InChI is InChI=1S/C34H39BrN6O5/c1-4-16-38(17-5-2)31(43)27-28-32(44)41(26(20-42)22-12-8-7-9-13-22)30(34(28)19-23(35)29(27)46-34)33(45)39(18-6-3)21-40-25-15-11-10-14-24(25)36-37-40/h4,6-15,23,26-30,42H,1,3,5,16-21H2,2H3/t23?,26-,27+,28+,29+,30?,34?/m1/s1. The van der Waals surface area contributed by atoms with Gasteiger partial charge in [-0.1, -0.05) is 82.7 Å². The Hall–Kier alpha value is -3.87. The van der Waals surface area contributed by atoms with Gasteiger partial charge in [0.25, 0.3) is 0 Å². The first kappa shape index (κ1) is 32.1. The maximum Gasteiger partial charge on any atom is 0.250 e. The number of amides is 3. The number of alkyl halides is 1. The van der Waals surface area contributed by atoms with Crippen LogP contribution in [0.15, 0.2) is 79.9 Å². The molecule has 3 unspecified atom stereocenters. The molecule has 3 aliphatic rings. The van der Waals surface area contributed by atoms with Crippen molar-refractivity contribution < 1.29 is 24.2 Å². The Morgan fingerprint density at radius 3 is 2.50 bits per heavy atom. The van der Waals surface area contributed by atoms with E-state index in [1.165, 1.54) is 4.90 Å². The van der Waals surface area contributed by atoms with E-state index in [1.54, 1.807) is 26.6 Å². The molecule has 3 fully saturated rings. The number of aliphatic hydroxyl groups is 1. The number of para-hydroxylation sites is 1. The Labute approximate surface area is 276 Å². The number of hydrogen-bond donors (Lipinski definition) is 1. The van der Waals surface area contributed by atoms with Gasteiger partial charge in [-0.05, 0) is 30.5 Å². The van der Waals surface area contributed by atoms with Crippen LogP contribution in [0, 0.1) is 11.8 Å². The molecular formula is C34H39BrN6O5. The fraction of sp³-hybridized carbons (Fsp3) is 0.441. The van der Waals surface area contributed by atoms with Gasteiger partial charge in [0.1, 0.15) is 23.8 Å². The zero-order valence-corrected chi connectivity index (χ0v) is 27.4. The van der Waals surface area contributed by atoms with Crippen LogP contribution in [-0.4, -0.2) is 101 Å². The molecule has 3 saturated heterocycles. The van der Waals surface area contributed by atoms with Gasteiger partial charge in [0.05, 0.1) is 36.1 Å². The predicted octanol–water partition coefficient (Wildman–Crippen LogP) is 3.31. The first-order valence-corrected chi connectivity index (χ1v) is 16.6. The van der Waals surface area contributed by atoms with Crippen molar-refractivity contribution in [2.75, 3.05) is 26.2 Å². The number of aromatic nitrogens is 3. The Morgan fingerprint density at radius 1 is 1.11 bits per heavy atom. The summed E-state index contributed by atoms with van der Waals surface area (Å²) in [6, 6.07) is 14.7. The zero-order valence-electron chi connectivity index (χ0n) is 25.8. The van der Waals surface area contributed by atoms with E-state index in [4.69, 9.17) is 4.74 Å². The lowest BCUT2D eigenvalue weighted by Crippen LogP contribution is -2.57. The van der Waals surface area contributed by atoms with Crippen molar-refractivity contribution in [3.63, 3.8) is 0 Å². The molecule has 0 radical (unpaired) electrons. The van der Waals surface area contributed by atoms with Gasteiger partial charge < -0.3 is 24.5 Å².